The molecule has 0 fully saturated rings. The molecule has 3 aromatic rings. The van der Waals surface area contributed by atoms with E-state index < -0.39 is 11.8 Å². The van der Waals surface area contributed by atoms with Crippen molar-refractivity contribution in [1.82, 2.24) is 0 Å². The molecule has 0 unspecified atom stereocenters. The van der Waals surface area contributed by atoms with E-state index in [2.05, 4.69) is 5.32 Å². The number of carbonyl (C=O) groups is 2. The first kappa shape index (κ1) is 22.1. The third kappa shape index (κ3) is 4.07. The van der Waals surface area contributed by atoms with Crippen molar-refractivity contribution in [3.05, 3.63) is 89.1 Å². The molecule has 1 aliphatic heterocycles. The van der Waals surface area contributed by atoms with Gasteiger partial charge in [0, 0.05) is 0 Å². The molecule has 33 heavy (non-hydrogen) atoms. The lowest BCUT2D eigenvalue weighted by Crippen LogP contribution is -2.32. The van der Waals surface area contributed by atoms with Gasteiger partial charge in [0.15, 0.2) is 0 Å². The van der Waals surface area contributed by atoms with E-state index in [0.717, 1.165) is 11.1 Å². The highest BCUT2D eigenvalue weighted by Gasteiger charge is 2.42. The van der Waals surface area contributed by atoms with Crippen LogP contribution in [0.15, 0.2) is 72.4 Å². The van der Waals surface area contributed by atoms with Gasteiger partial charge in [-0.05, 0) is 56.2 Å². The van der Waals surface area contributed by atoms with Crippen LogP contribution < -0.4 is 19.7 Å². The summed E-state index contributed by atoms with van der Waals surface area (Å²) in [6.07, 6.45) is 0. The number of nitrogens with one attached hydrogen (secondary N) is 1. The monoisotopic (exact) mass is 442 g/mol. The minimum atomic E-state index is -0.451. The first-order valence-corrected chi connectivity index (χ1v) is 10.8. The number of hydrogen-bond acceptors (Lipinski definition) is 5. The molecule has 4 rings (SSSR count). The molecule has 1 heterocycles. The van der Waals surface area contributed by atoms with Crippen LogP contribution >= 0.6 is 0 Å². The second-order valence-corrected chi connectivity index (χ2v) is 7.74. The summed E-state index contributed by atoms with van der Waals surface area (Å²) in [6, 6.07) is 20.2. The van der Waals surface area contributed by atoms with Crippen molar-refractivity contribution < 1.29 is 19.1 Å². The molecule has 0 bridgehead atoms. The van der Waals surface area contributed by atoms with Crippen molar-refractivity contribution in [3.8, 4) is 11.5 Å². The van der Waals surface area contributed by atoms with E-state index in [1.807, 2.05) is 57.2 Å². The number of rotatable bonds is 7. The number of benzene rings is 3. The molecule has 0 saturated carbocycles. The lowest BCUT2D eigenvalue weighted by Gasteiger charge is -2.19. The third-order valence-corrected chi connectivity index (χ3v) is 5.51. The number of aryl methyl sites for hydroxylation is 2. The minimum absolute atomic E-state index is 0.197. The molecule has 0 radical (unpaired) electrons. The zero-order chi connectivity index (χ0) is 23.5. The highest BCUT2D eigenvalue weighted by molar-refractivity contribution is 6.46. The number of para-hydroxylation sites is 4. The zero-order valence-corrected chi connectivity index (χ0v) is 19.1. The normalized spacial score (nSPS) is 13.5. The molecule has 3 aromatic carbocycles. The number of amides is 2. The average Bonchev–Trinajstić information content (AvgIpc) is 3.04. The lowest BCUT2D eigenvalue weighted by atomic mass is 9.97. The summed E-state index contributed by atoms with van der Waals surface area (Å²) in [4.78, 5) is 28.7. The van der Waals surface area contributed by atoms with Crippen LogP contribution in [0.3, 0.4) is 0 Å². The second-order valence-electron chi connectivity index (χ2n) is 7.74. The zero-order valence-electron chi connectivity index (χ0n) is 19.1. The Labute approximate surface area is 193 Å². The predicted octanol–water partition coefficient (Wildman–Crippen LogP) is 5.11. The first-order valence-electron chi connectivity index (χ1n) is 10.8. The Morgan fingerprint density at radius 1 is 0.879 bits per heavy atom. The maximum Gasteiger partial charge on any atom is 0.282 e. The summed E-state index contributed by atoms with van der Waals surface area (Å²) in [5.74, 6) is 0.183. The van der Waals surface area contributed by atoms with Crippen LogP contribution in [0.25, 0.3) is 5.57 Å². The molecule has 1 N–H and O–H groups in total. The molecular formula is C27H26N2O4. The Bertz CT molecular complexity index is 1260. The van der Waals surface area contributed by atoms with Gasteiger partial charge in [-0.25, -0.2) is 4.90 Å². The first-order chi connectivity index (χ1) is 16.0. The van der Waals surface area contributed by atoms with Gasteiger partial charge in [0.05, 0.1) is 30.7 Å². The number of methoxy groups -OCH3 is 1. The van der Waals surface area contributed by atoms with Gasteiger partial charge in [-0.15, -0.1) is 0 Å². The van der Waals surface area contributed by atoms with Crippen molar-refractivity contribution in [2.24, 2.45) is 0 Å². The quantitative estimate of drug-likeness (QED) is 0.515. The van der Waals surface area contributed by atoms with Crippen LogP contribution in [-0.2, 0) is 9.59 Å². The summed E-state index contributed by atoms with van der Waals surface area (Å²) < 4.78 is 11.2. The highest BCUT2D eigenvalue weighted by Crippen LogP contribution is 2.39. The number of ether oxygens (including phenoxy) is 2. The maximum absolute atomic E-state index is 13.8. The summed E-state index contributed by atoms with van der Waals surface area (Å²) in [7, 11) is 1.56. The van der Waals surface area contributed by atoms with Crippen molar-refractivity contribution in [2.75, 3.05) is 23.9 Å². The van der Waals surface area contributed by atoms with Crippen LogP contribution in [0.1, 0.15) is 23.6 Å². The Morgan fingerprint density at radius 2 is 1.58 bits per heavy atom. The Morgan fingerprint density at radius 3 is 2.27 bits per heavy atom. The molecule has 0 saturated heterocycles. The van der Waals surface area contributed by atoms with E-state index in [1.165, 1.54) is 4.90 Å². The molecule has 168 valence electrons. The standard InChI is InChI=1S/C27H26N2O4/c1-5-33-23-13-9-7-11-21(23)29-26(30)24(19-15-14-17(2)16-18(19)3)25(27(29)31)28-20-10-6-8-12-22(20)32-4/h6-16,28H,5H2,1-4H3. The van der Waals surface area contributed by atoms with Crippen LogP contribution in [-0.4, -0.2) is 25.5 Å². The number of carbonyl (C=O) groups excluding carboxylic acids is 2. The van der Waals surface area contributed by atoms with Gasteiger partial charge in [0.1, 0.15) is 17.2 Å². The van der Waals surface area contributed by atoms with Crippen LogP contribution in [0, 0.1) is 13.8 Å². The lowest BCUT2D eigenvalue weighted by molar-refractivity contribution is -0.120. The van der Waals surface area contributed by atoms with Gasteiger partial charge in [-0.2, -0.15) is 0 Å². The molecule has 6 nitrogen and oxygen atoms in total. The number of anilines is 2. The number of imide groups is 1. The minimum Gasteiger partial charge on any atom is -0.495 e. The van der Waals surface area contributed by atoms with E-state index in [9.17, 15) is 9.59 Å². The molecule has 6 heteroatoms. The smallest absolute Gasteiger partial charge is 0.282 e. The summed E-state index contributed by atoms with van der Waals surface area (Å²) in [6.45, 7) is 6.20. The SMILES string of the molecule is CCOc1ccccc1N1C(=O)C(Nc2ccccc2OC)=C(c2ccc(C)cc2C)C1=O. The van der Waals surface area contributed by atoms with E-state index in [-0.39, 0.29) is 5.70 Å². The fourth-order valence-corrected chi connectivity index (χ4v) is 4.01. The van der Waals surface area contributed by atoms with E-state index >= 15 is 0 Å². The van der Waals surface area contributed by atoms with Gasteiger partial charge < -0.3 is 14.8 Å². The maximum atomic E-state index is 13.8. The molecular weight excluding hydrogens is 416 g/mol. The highest BCUT2D eigenvalue weighted by atomic mass is 16.5. The topological polar surface area (TPSA) is 67.9 Å². The third-order valence-electron chi connectivity index (χ3n) is 5.51. The number of nitrogens with zero attached hydrogens (tertiary/aromatic N) is 1. The van der Waals surface area contributed by atoms with E-state index in [0.29, 0.717) is 40.6 Å². The van der Waals surface area contributed by atoms with Crippen molar-refractivity contribution in [1.29, 1.82) is 0 Å². The van der Waals surface area contributed by atoms with Gasteiger partial charge in [0.25, 0.3) is 11.8 Å². The molecule has 1 aliphatic rings. The average molecular weight is 443 g/mol. The van der Waals surface area contributed by atoms with Crippen LogP contribution in [0.4, 0.5) is 11.4 Å². The van der Waals surface area contributed by atoms with Gasteiger partial charge in [-0.1, -0.05) is 48.0 Å². The molecule has 2 amide bonds. The fraction of sp³-hybridized carbons (Fsp3) is 0.185. The summed E-state index contributed by atoms with van der Waals surface area (Å²) >= 11 is 0. The van der Waals surface area contributed by atoms with Crippen LogP contribution in [0.5, 0.6) is 11.5 Å². The molecule has 0 aromatic heterocycles. The Kier molecular flexibility index (Phi) is 6.18. The Hall–Kier alpha value is -4.06. The van der Waals surface area contributed by atoms with Crippen LogP contribution in [0.2, 0.25) is 0 Å². The summed E-state index contributed by atoms with van der Waals surface area (Å²) in [5.41, 5.74) is 4.20. The molecule has 0 atom stereocenters. The fourth-order valence-electron chi connectivity index (χ4n) is 4.01. The van der Waals surface area contributed by atoms with Gasteiger partial charge >= 0.3 is 0 Å². The van der Waals surface area contributed by atoms with E-state index in [4.69, 9.17) is 9.47 Å². The molecule has 0 aliphatic carbocycles. The van der Waals surface area contributed by atoms with Gasteiger partial charge in [-0.3, -0.25) is 9.59 Å². The predicted molar refractivity (Wildman–Crippen MR) is 130 cm³/mol. The van der Waals surface area contributed by atoms with E-state index in [1.54, 1.807) is 37.4 Å². The van der Waals surface area contributed by atoms with Gasteiger partial charge in [0.2, 0.25) is 0 Å². The Balaban J connectivity index is 1.89. The second kappa shape index (κ2) is 9.20. The largest absolute Gasteiger partial charge is 0.495 e. The van der Waals surface area contributed by atoms with Crippen molar-refractivity contribution in [2.45, 2.75) is 20.8 Å². The molecule has 0 spiro atoms. The number of hydrogen-bond donors (Lipinski definition) is 1. The van der Waals surface area contributed by atoms with Crippen molar-refractivity contribution >= 4 is 28.8 Å². The summed E-state index contributed by atoms with van der Waals surface area (Å²) in [5, 5.41) is 3.18. The van der Waals surface area contributed by atoms with Crippen molar-refractivity contribution in [3.63, 3.8) is 0 Å².